The van der Waals surface area contributed by atoms with Gasteiger partial charge in [0.1, 0.15) is 0 Å². The third-order valence-electron chi connectivity index (χ3n) is 5.96. The molecule has 0 radical (unpaired) electrons. The molecule has 7 heteroatoms. The molecule has 0 bridgehead atoms. The Morgan fingerprint density at radius 3 is 2.45 bits per heavy atom. The minimum atomic E-state index is -0.128. The number of amides is 2. The van der Waals surface area contributed by atoms with E-state index in [4.69, 9.17) is 0 Å². The van der Waals surface area contributed by atoms with Crippen LogP contribution in [0.5, 0.6) is 0 Å². The van der Waals surface area contributed by atoms with Gasteiger partial charge in [-0.1, -0.05) is 30.3 Å². The normalized spacial score (nSPS) is 20.8. The van der Waals surface area contributed by atoms with Crippen molar-refractivity contribution in [3.05, 3.63) is 47.8 Å². The Labute approximate surface area is 171 Å². The Hall–Kier alpha value is -2.80. The van der Waals surface area contributed by atoms with Crippen molar-refractivity contribution >= 4 is 11.8 Å². The largest absolute Gasteiger partial charge is 0.349 e. The van der Waals surface area contributed by atoms with Gasteiger partial charge in [0.2, 0.25) is 5.91 Å². The number of carbonyl (C=O) groups is 2. The highest BCUT2D eigenvalue weighted by molar-refractivity contribution is 5.95. The van der Waals surface area contributed by atoms with E-state index in [1.807, 2.05) is 44.3 Å². The summed E-state index contributed by atoms with van der Waals surface area (Å²) >= 11 is 0. The second-order valence-electron chi connectivity index (χ2n) is 7.91. The molecule has 1 atom stereocenters. The molecule has 2 aromatic rings. The predicted molar refractivity (Wildman–Crippen MR) is 110 cm³/mol. The van der Waals surface area contributed by atoms with Gasteiger partial charge >= 0.3 is 0 Å². The number of hydrogen-bond acceptors (Lipinski definition) is 5. The zero-order valence-electron chi connectivity index (χ0n) is 17.0. The number of aryl methyl sites for hydroxylation is 1. The summed E-state index contributed by atoms with van der Waals surface area (Å²) < 4.78 is 0. The summed E-state index contributed by atoms with van der Waals surface area (Å²) in [5, 5.41) is 3.13. The van der Waals surface area contributed by atoms with Gasteiger partial charge in [-0.25, -0.2) is 9.97 Å². The van der Waals surface area contributed by atoms with Crippen LogP contribution in [0.25, 0.3) is 11.4 Å². The van der Waals surface area contributed by atoms with Gasteiger partial charge < -0.3 is 10.2 Å². The minimum Gasteiger partial charge on any atom is -0.349 e. The van der Waals surface area contributed by atoms with Crippen molar-refractivity contribution in [3.63, 3.8) is 0 Å². The Balaban J connectivity index is 1.35. The molecule has 2 amide bonds. The van der Waals surface area contributed by atoms with Crippen molar-refractivity contribution in [3.8, 4) is 11.4 Å². The van der Waals surface area contributed by atoms with Crippen LogP contribution < -0.4 is 5.32 Å². The number of likely N-dealkylation sites (tertiary alicyclic amines) is 2. The maximum Gasteiger partial charge on any atom is 0.254 e. The van der Waals surface area contributed by atoms with Gasteiger partial charge in [0.05, 0.1) is 17.3 Å². The molecule has 1 aromatic carbocycles. The van der Waals surface area contributed by atoms with E-state index in [0.717, 1.165) is 44.5 Å². The molecular formula is C22H27N5O2. The lowest BCUT2D eigenvalue weighted by atomic mass is 10.0. The lowest BCUT2D eigenvalue weighted by molar-refractivity contribution is -0.131. The molecule has 2 saturated heterocycles. The third kappa shape index (κ3) is 4.15. The molecule has 4 rings (SSSR count). The van der Waals surface area contributed by atoms with E-state index in [1.54, 1.807) is 11.1 Å². The average molecular weight is 393 g/mol. The number of nitrogens with one attached hydrogen (secondary N) is 1. The maximum atomic E-state index is 12.7. The van der Waals surface area contributed by atoms with Crippen LogP contribution in [-0.4, -0.2) is 70.3 Å². The molecular weight excluding hydrogens is 366 g/mol. The summed E-state index contributed by atoms with van der Waals surface area (Å²) in [6, 6.07) is 9.87. The average Bonchev–Trinajstić information content (AvgIpc) is 3.07. The van der Waals surface area contributed by atoms with E-state index in [2.05, 4.69) is 20.2 Å². The molecule has 0 aliphatic carbocycles. The number of nitrogens with zero attached hydrogens (tertiary/aromatic N) is 4. The first-order chi connectivity index (χ1) is 14.0. The Bertz CT molecular complexity index is 893. The Morgan fingerprint density at radius 1 is 1.10 bits per heavy atom. The van der Waals surface area contributed by atoms with Gasteiger partial charge in [-0.05, 0) is 26.2 Å². The molecule has 1 N–H and O–H groups in total. The Kier molecular flexibility index (Phi) is 5.58. The summed E-state index contributed by atoms with van der Waals surface area (Å²) in [7, 11) is 1.86. The molecule has 2 aliphatic rings. The van der Waals surface area contributed by atoms with Crippen molar-refractivity contribution in [2.24, 2.45) is 0 Å². The van der Waals surface area contributed by atoms with Crippen molar-refractivity contribution in [1.82, 2.24) is 25.1 Å². The van der Waals surface area contributed by atoms with Crippen LogP contribution in [0.2, 0.25) is 0 Å². The number of piperidine rings is 1. The van der Waals surface area contributed by atoms with E-state index < -0.39 is 0 Å². The molecule has 1 aromatic heterocycles. The first-order valence-electron chi connectivity index (χ1n) is 10.2. The number of hydrogen-bond donors (Lipinski definition) is 1. The van der Waals surface area contributed by atoms with Gasteiger partial charge in [-0.2, -0.15) is 0 Å². The van der Waals surface area contributed by atoms with Gasteiger partial charge in [0, 0.05) is 44.5 Å². The van der Waals surface area contributed by atoms with Gasteiger partial charge in [-0.15, -0.1) is 0 Å². The van der Waals surface area contributed by atoms with Crippen LogP contribution in [0.15, 0.2) is 36.5 Å². The van der Waals surface area contributed by atoms with Gasteiger partial charge in [0.25, 0.3) is 5.91 Å². The Morgan fingerprint density at radius 2 is 1.83 bits per heavy atom. The molecule has 7 nitrogen and oxygen atoms in total. The van der Waals surface area contributed by atoms with Crippen molar-refractivity contribution in [2.75, 3.05) is 26.7 Å². The lowest BCUT2D eigenvalue weighted by Gasteiger charge is -2.35. The summed E-state index contributed by atoms with van der Waals surface area (Å²) in [5.41, 5.74) is 2.12. The zero-order chi connectivity index (χ0) is 20.4. The molecule has 2 aliphatic heterocycles. The zero-order valence-corrected chi connectivity index (χ0v) is 17.0. The molecule has 29 heavy (non-hydrogen) atoms. The summed E-state index contributed by atoms with van der Waals surface area (Å²) in [4.78, 5) is 37.9. The van der Waals surface area contributed by atoms with Crippen LogP contribution in [-0.2, 0) is 4.79 Å². The van der Waals surface area contributed by atoms with E-state index >= 15 is 0 Å². The number of carbonyl (C=O) groups excluding carboxylic acids is 2. The smallest absolute Gasteiger partial charge is 0.254 e. The SMILES string of the molecule is Cc1nc(-c2ccccc2)ncc1C(=O)NC1CCN(C2CCN(C)C2=O)CC1. The van der Waals surface area contributed by atoms with Crippen molar-refractivity contribution in [2.45, 2.75) is 38.3 Å². The quantitative estimate of drug-likeness (QED) is 0.858. The number of rotatable bonds is 4. The second-order valence-corrected chi connectivity index (χ2v) is 7.91. The standard InChI is InChI=1S/C22H27N5O2/c1-15-18(14-23-20(24-15)16-6-4-3-5-7-16)21(28)25-17-8-12-27(13-9-17)19-10-11-26(2)22(19)29/h3-7,14,17,19H,8-13H2,1-2H3,(H,25,28). The fraction of sp³-hybridized carbons (Fsp3) is 0.455. The minimum absolute atomic E-state index is 0.0119. The highest BCUT2D eigenvalue weighted by atomic mass is 16.2. The van der Waals surface area contributed by atoms with Crippen molar-refractivity contribution < 1.29 is 9.59 Å². The fourth-order valence-corrected chi connectivity index (χ4v) is 4.18. The second kappa shape index (κ2) is 8.29. The van der Waals surface area contributed by atoms with E-state index in [1.165, 1.54) is 0 Å². The summed E-state index contributed by atoms with van der Waals surface area (Å²) in [6.07, 6.45) is 4.21. The molecule has 1 unspecified atom stereocenters. The monoisotopic (exact) mass is 393 g/mol. The maximum absolute atomic E-state index is 12.7. The van der Waals surface area contributed by atoms with Gasteiger partial charge in [0.15, 0.2) is 5.82 Å². The van der Waals surface area contributed by atoms with Crippen LogP contribution >= 0.6 is 0 Å². The number of benzene rings is 1. The molecule has 152 valence electrons. The van der Waals surface area contributed by atoms with E-state index in [0.29, 0.717) is 17.1 Å². The first-order valence-corrected chi connectivity index (χ1v) is 10.2. The van der Waals surface area contributed by atoms with Crippen molar-refractivity contribution in [1.29, 1.82) is 0 Å². The fourth-order valence-electron chi connectivity index (χ4n) is 4.18. The highest BCUT2D eigenvalue weighted by Crippen LogP contribution is 2.21. The summed E-state index contributed by atoms with van der Waals surface area (Å²) in [6.45, 7) is 4.33. The van der Waals surface area contributed by atoms with Crippen LogP contribution in [0.3, 0.4) is 0 Å². The highest BCUT2D eigenvalue weighted by Gasteiger charge is 2.36. The van der Waals surface area contributed by atoms with Gasteiger partial charge in [-0.3, -0.25) is 14.5 Å². The molecule has 0 spiro atoms. The summed E-state index contributed by atoms with van der Waals surface area (Å²) in [5.74, 6) is 0.718. The van der Waals surface area contributed by atoms with E-state index in [-0.39, 0.29) is 23.9 Å². The predicted octanol–water partition coefficient (Wildman–Crippen LogP) is 1.88. The van der Waals surface area contributed by atoms with Crippen LogP contribution in [0.1, 0.15) is 35.3 Å². The van der Waals surface area contributed by atoms with Crippen LogP contribution in [0, 0.1) is 6.92 Å². The number of aromatic nitrogens is 2. The number of likely N-dealkylation sites (N-methyl/N-ethyl adjacent to an activating group) is 1. The first kappa shape index (κ1) is 19.5. The topological polar surface area (TPSA) is 78.4 Å². The lowest BCUT2D eigenvalue weighted by Crippen LogP contribution is -2.50. The third-order valence-corrected chi connectivity index (χ3v) is 5.96. The molecule has 2 fully saturated rings. The molecule has 3 heterocycles. The van der Waals surface area contributed by atoms with Crippen LogP contribution in [0.4, 0.5) is 0 Å². The molecule has 0 saturated carbocycles. The van der Waals surface area contributed by atoms with E-state index in [9.17, 15) is 9.59 Å².